The summed E-state index contributed by atoms with van der Waals surface area (Å²) in [5.41, 5.74) is 2.16. The standard InChI is InChI=1S/C14H13ClO2/c15-14-9-13(17)8-5-11(14)4-1-10-2-6-12(16)7-3-10/h2-3,5-9,16-17H,1,4H2. The molecule has 0 radical (unpaired) electrons. The maximum atomic E-state index is 9.24. The van der Waals surface area contributed by atoms with E-state index in [1.54, 1.807) is 24.3 Å². The monoisotopic (exact) mass is 248 g/mol. The molecule has 3 heteroatoms. The molecule has 0 fully saturated rings. The zero-order chi connectivity index (χ0) is 12.3. The van der Waals surface area contributed by atoms with Gasteiger partial charge in [-0.1, -0.05) is 29.8 Å². The summed E-state index contributed by atoms with van der Waals surface area (Å²) in [5, 5.41) is 19.0. The largest absolute Gasteiger partial charge is 0.508 e. The van der Waals surface area contributed by atoms with E-state index in [0.29, 0.717) is 5.02 Å². The summed E-state index contributed by atoms with van der Waals surface area (Å²) in [6.45, 7) is 0. The van der Waals surface area contributed by atoms with Gasteiger partial charge in [0.05, 0.1) is 0 Å². The van der Waals surface area contributed by atoms with Gasteiger partial charge in [-0.3, -0.25) is 0 Å². The number of phenols is 2. The second-order valence-electron chi connectivity index (χ2n) is 3.94. The van der Waals surface area contributed by atoms with Crippen LogP contribution in [-0.2, 0) is 12.8 Å². The minimum absolute atomic E-state index is 0.184. The van der Waals surface area contributed by atoms with Crippen LogP contribution in [0, 0.1) is 0 Å². The Kier molecular flexibility index (Phi) is 3.55. The van der Waals surface area contributed by atoms with Gasteiger partial charge in [0.25, 0.3) is 0 Å². The van der Waals surface area contributed by atoms with Crippen LogP contribution in [0.1, 0.15) is 11.1 Å². The Labute approximate surface area is 105 Å². The van der Waals surface area contributed by atoms with Gasteiger partial charge in [0.2, 0.25) is 0 Å². The van der Waals surface area contributed by atoms with E-state index in [-0.39, 0.29) is 11.5 Å². The van der Waals surface area contributed by atoms with Gasteiger partial charge in [-0.05, 0) is 48.2 Å². The van der Waals surface area contributed by atoms with Gasteiger partial charge < -0.3 is 10.2 Å². The van der Waals surface area contributed by atoms with Crippen molar-refractivity contribution in [3.05, 3.63) is 58.6 Å². The van der Waals surface area contributed by atoms with Gasteiger partial charge in [0.1, 0.15) is 11.5 Å². The minimum atomic E-state index is 0.184. The molecule has 0 atom stereocenters. The van der Waals surface area contributed by atoms with Crippen molar-refractivity contribution in [3.63, 3.8) is 0 Å². The normalized spacial score (nSPS) is 10.4. The van der Waals surface area contributed by atoms with Crippen molar-refractivity contribution >= 4 is 11.6 Å². The maximum absolute atomic E-state index is 9.24. The first-order valence-electron chi connectivity index (χ1n) is 5.40. The molecule has 0 heterocycles. The van der Waals surface area contributed by atoms with E-state index >= 15 is 0 Å². The summed E-state index contributed by atoms with van der Waals surface area (Å²) < 4.78 is 0. The molecule has 0 aromatic heterocycles. The van der Waals surface area contributed by atoms with E-state index in [2.05, 4.69) is 0 Å². The molecule has 0 bridgehead atoms. The second kappa shape index (κ2) is 5.11. The number of halogens is 1. The van der Waals surface area contributed by atoms with Gasteiger partial charge in [-0.25, -0.2) is 0 Å². The van der Waals surface area contributed by atoms with Gasteiger partial charge in [0.15, 0.2) is 0 Å². The lowest BCUT2D eigenvalue weighted by atomic mass is 10.0. The lowest BCUT2D eigenvalue weighted by Crippen LogP contribution is -1.91. The van der Waals surface area contributed by atoms with Gasteiger partial charge in [0, 0.05) is 5.02 Å². The molecule has 17 heavy (non-hydrogen) atoms. The first kappa shape index (κ1) is 11.8. The number of aryl methyl sites for hydroxylation is 2. The van der Waals surface area contributed by atoms with E-state index in [9.17, 15) is 5.11 Å². The van der Waals surface area contributed by atoms with Crippen LogP contribution in [0.5, 0.6) is 11.5 Å². The van der Waals surface area contributed by atoms with Crippen molar-refractivity contribution in [3.8, 4) is 11.5 Å². The fourth-order valence-electron chi connectivity index (χ4n) is 1.68. The minimum Gasteiger partial charge on any atom is -0.508 e. The molecule has 0 spiro atoms. The van der Waals surface area contributed by atoms with Crippen molar-refractivity contribution in [2.24, 2.45) is 0 Å². The number of hydrogen-bond donors (Lipinski definition) is 2. The summed E-state index contributed by atoms with van der Waals surface area (Å²) in [6, 6.07) is 12.2. The van der Waals surface area contributed by atoms with Crippen LogP contribution >= 0.6 is 11.6 Å². The molecule has 0 amide bonds. The van der Waals surface area contributed by atoms with E-state index in [0.717, 1.165) is 24.0 Å². The molecule has 88 valence electrons. The molecule has 2 rings (SSSR count). The van der Waals surface area contributed by atoms with Crippen molar-refractivity contribution in [1.29, 1.82) is 0 Å². The second-order valence-corrected chi connectivity index (χ2v) is 4.35. The zero-order valence-corrected chi connectivity index (χ0v) is 9.98. The fraction of sp³-hybridized carbons (Fsp3) is 0.143. The molecule has 0 saturated carbocycles. The molecule has 0 unspecified atom stereocenters. The van der Waals surface area contributed by atoms with Crippen LogP contribution in [0.25, 0.3) is 0 Å². The van der Waals surface area contributed by atoms with Crippen molar-refractivity contribution in [2.45, 2.75) is 12.8 Å². The highest BCUT2D eigenvalue weighted by Crippen LogP contribution is 2.23. The predicted molar refractivity (Wildman–Crippen MR) is 68.6 cm³/mol. The highest BCUT2D eigenvalue weighted by atomic mass is 35.5. The highest BCUT2D eigenvalue weighted by molar-refractivity contribution is 6.31. The predicted octanol–water partition coefficient (Wildman–Crippen LogP) is 3.54. The molecule has 0 aliphatic rings. The van der Waals surface area contributed by atoms with E-state index < -0.39 is 0 Å². The number of rotatable bonds is 3. The van der Waals surface area contributed by atoms with Crippen LogP contribution < -0.4 is 0 Å². The molecule has 2 aromatic carbocycles. The Morgan fingerprint density at radius 2 is 1.47 bits per heavy atom. The molecule has 0 aliphatic carbocycles. The van der Waals surface area contributed by atoms with Crippen molar-refractivity contribution in [2.75, 3.05) is 0 Å². The first-order chi connectivity index (χ1) is 8.15. The summed E-state index contributed by atoms with van der Waals surface area (Å²) in [5.74, 6) is 0.458. The third-order valence-corrected chi connectivity index (χ3v) is 3.01. The summed E-state index contributed by atoms with van der Waals surface area (Å²) in [4.78, 5) is 0. The van der Waals surface area contributed by atoms with Gasteiger partial charge in [-0.15, -0.1) is 0 Å². The molecular weight excluding hydrogens is 236 g/mol. The number of phenolic OH excluding ortho intramolecular Hbond substituents is 2. The third-order valence-electron chi connectivity index (χ3n) is 2.66. The fourth-order valence-corrected chi connectivity index (χ4v) is 1.95. The Bertz CT molecular complexity index is 506. The van der Waals surface area contributed by atoms with E-state index in [4.69, 9.17) is 16.7 Å². The molecule has 2 N–H and O–H groups in total. The average molecular weight is 249 g/mol. The smallest absolute Gasteiger partial charge is 0.117 e. The summed E-state index contributed by atoms with van der Waals surface area (Å²) in [6.07, 6.45) is 1.66. The van der Waals surface area contributed by atoms with Crippen molar-refractivity contribution < 1.29 is 10.2 Å². The molecular formula is C14H13ClO2. The maximum Gasteiger partial charge on any atom is 0.117 e. The van der Waals surface area contributed by atoms with Crippen LogP contribution in [-0.4, -0.2) is 10.2 Å². The number of benzene rings is 2. The van der Waals surface area contributed by atoms with Crippen LogP contribution in [0.15, 0.2) is 42.5 Å². The van der Waals surface area contributed by atoms with Gasteiger partial charge >= 0.3 is 0 Å². The van der Waals surface area contributed by atoms with Crippen LogP contribution in [0.2, 0.25) is 5.02 Å². The average Bonchev–Trinajstić information content (AvgIpc) is 2.30. The molecule has 2 aromatic rings. The van der Waals surface area contributed by atoms with Gasteiger partial charge in [-0.2, -0.15) is 0 Å². The Balaban J connectivity index is 2.04. The molecule has 0 saturated heterocycles. The van der Waals surface area contributed by atoms with E-state index in [1.807, 2.05) is 18.2 Å². The first-order valence-corrected chi connectivity index (χ1v) is 5.78. The van der Waals surface area contributed by atoms with Crippen molar-refractivity contribution in [1.82, 2.24) is 0 Å². The lowest BCUT2D eigenvalue weighted by Gasteiger charge is -2.05. The highest BCUT2D eigenvalue weighted by Gasteiger charge is 2.02. The quantitative estimate of drug-likeness (QED) is 0.872. The summed E-state index contributed by atoms with van der Waals surface area (Å²) >= 11 is 6.02. The van der Waals surface area contributed by atoms with Crippen LogP contribution in [0.3, 0.4) is 0 Å². The molecule has 2 nitrogen and oxygen atoms in total. The Morgan fingerprint density at radius 1 is 0.824 bits per heavy atom. The SMILES string of the molecule is Oc1ccc(CCc2ccc(O)cc2Cl)cc1. The third kappa shape index (κ3) is 3.14. The van der Waals surface area contributed by atoms with E-state index in [1.165, 1.54) is 0 Å². The zero-order valence-electron chi connectivity index (χ0n) is 9.23. The topological polar surface area (TPSA) is 40.5 Å². The Morgan fingerprint density at radius 3 is 2.12 bits per heavy atom. The summed E-state index contributed by atoms with van der Waals surface area (Å²) in [7, 11) is 0. The lowest BCUT2D eigenvalue weighted by molar-refractivity contribution is 0.474. The number of aromatic hydroxyl groups is 2. The molecule has 0 aliphatic heterocycles. The number of hydrogen-bond acceptors (Lipinski definition) is 2. The van der Waals surface area contributed by atoms with Crippen LogP contribution in [0.4, 0.5) is 0 Å². The Hall–Kier alpha value is -1.67.